The quantitative estimate of drug-likeness (QED) is 0.173. The number of aryl methyl sites for hydroxylation is 1. The summed E-state index contributed by atoms with van der Waals surface area (Å²) < 4.78 is 9.76. The van der Waals surface area contributed by atoms with Gasteiger partial charge in [-0.1, -0.05) is 176 Å². The molecule has 72 heavy (non-hydrogen) atoms. The Balaban J connectivity index is 1.02. The molecule has 0 saturated carbocycles. The predicted octanol–water partition coefficient (Wildman–Crippen LogP) is 17.1. The van der Waals surface area contributed by atoms with E-state index < -0.39 is 0 Å². The molecule has 2 aliphatic rings. The Morgan fingerprint density at radius 2 is 0.875 bits per heavy atom. The van der Waals surface area contributed by atoms with Crippen LogP contribution >= 0.6 is 0 Å². The van der Waals surface area contributed by atoms with E-state index in [0.29, 0.717) is 0 Å². The second-order valence-electron chi connectivity index (χ2n) is 19.3. The lowest BCUT2D eigenvalue weighted by atomic mass is 9.79. The highest BCUT2D eigenvalue weighted by atomic mass is 15.2. The van der Waals surface area contributed by atoms with E-state index in [2.05, 4.69) is 255 Å². The summed E-state index contributed by atoms with van der Waals surface area (Å²) in [4.78, 5) is 5.56. The predicted molar refractivity (Wildman–Crippen MR) is 299 cm³/mol. The first kappa shape index (κ1) is 39.4. The minimum absolute atomic E-state index is 0.871. The Morgan fingerprint density at radius 3 is 1.56 bits per heavy atom. The lowest BCUT2D eigenvalue weighted by molar-refractivity contribution is 0.968. The van der Waals surface area contributed by atoms with Gasteiger partial charge in [0.05, 0.1) is 50.0 Å². The summed E-state index contributed by atoms with van der Waals surface area (Å²) in [6.45, 7) is 0. The standard InChI is InChI=1S/C67H43N5/c1-2-20-44-43(19-1)45-21-3-4-23-47(45)54-38-39-55(66(65(54)53-29-6-5-22-46(44)53)70-59-32-14-9-26-50(59)51-27-10-15-33-60(51)70)52-28-11-16-34-61(52)71-62-35-17-18-36-63(62)72-64-41-42(37-40-56(64)68-67(71)72)69-57-30-12-7-24-48(57)49-25-8-13-31-58(49)69/h1-7,9-24,26-41H,8,25H2. The van der Waals surface area contributed by atoms with E-state index in [9.17, 15) is 0 Å². The number of imidazole rings is 2. The Labute approximate surface area is 415 Å². The van der Waals surface area contributed by atoms with Crippen molar-refractivity contribution in [3.8, 4) is 72.7 Å². The van der Waals surface area contributed by atoms with Crippen molar-refractivity contribution in [3.05, 3.63) is 242 Å². The van der Waals surface area contributed by atoms with Crippen LogP contribution in [-0.4, -0.2) is 23.1 Å². The van der Waals surface area contributed by atoms with E-state index in [-0.39, 0.29) is 0 Å². The van der Waals surface area contributed by atoms with Gasteiger partial charge >= 0.3 is 0 Å². The van der Waals surface area contributed by atoms with Crippen molar-refractivity contribution in [2.24, 2.45) is 0 Å². The van der Waals surface area contributed by atoms with Crippen molar-refractivity contribution < 1.29 is 0 Å². The van der Waals surface area contributed by atoms with Crippen LogP contribution in [0.15, 0.2) is 231 Å². The largest absolute Gasteiger partial charge is 0.310 e. The molecule has 16 rings (SSSR count). The third kappa shape index (κ3) is 5.39. The van der Waals surface area contributed by atoms with Crippen molar-refractivity contribution in [1.82, 2.24) is 23.1 Å². The van der Waals surface area contributed by atoms with Crippen LogP contribution in [0.25, 0.3) is 139 Å². The topological polar surface area (TPSA) is 32.1 Å². The first-order chi connectivity index (χ1) is 35.8. The van der Waals surface area contributed by atoms with Crippen LogP contribution < -0.4 is 0 Å². The molecule has 0 amide bonds. The fourth-order valence-corrected chi connectivity index (χ4v) is 12.7. The highest BCUT2D eigenvalue weighted by Gasteiger charge is 2.30. The van der Waals surface area contributed by atoms with E-state index in [1.54, 1.807) is 0 Å². The van der Waals surface area contributed by atoms with Crippen molar-refractivity contribution in [2.75, 3.05) is 0 Å². The third-order valence-electron chi connectivity index (χ3n) is 15.6. The first-order valence-electron chi connectivity index (χ1n) is 25.0. The average molecular weight is 918 g/mol. The number of nitrogens with zero attached hydrogens (tertiary/aromatic N) is 5. The Hall–Kier alpha value is -9.45. The zero-order valence-electron chi connectivity index (χ0n) is 39.2. The van der Waals surface area contributed by atoms with E-state index in [1.165, 1.54) is 77.4 Å². The van der Waals surface area contributed by atoms with Crippen LogP contribution in [0.4, 0.5) is 0 Å². The first-order valence-corrected chi connectivity index (χ1v) is 25.0. The summed E-state index contributed by atoms with van der Waals surface area (Å²) in [6, 6.07) is 82.9. The molecule has 336 valence electrons. The number of rotatable bonds is 4. The SMILES string of the molecule is C1=Cc2c(c3ccccc3n2-c2ccc3nc4n(-c5ccccc5-c5ccc6c(c5-n5c7ccccc7c7ccccc75)-c5ccccc5-c5ccccc5-c5ccccc5-6)c5ccccc5n4c3c2)CC1. The molecule has 0 atom stereocenters. The van der Waals surface area contributed by atoms with Gasteiger partial charge in [-0.2, -0.15) is 0 Å². The normalized spacial score (nSPS) is 12.8. The van der Waals surface area contributed by atoms with Crippen molar-refractivity contribution >= 4 is 66.6 Å². The number of aromatic nitrogens is 5. The second-order valence-corrected chi connectivity index (χ2v) is 19.3. The summed E-state index contributed by atoms with van der Waals surface area (Å²) in [5.74, 6) is 0.871. The molecule has 4 aromatic heterocycles. The molecule has 0 N–H and O–H groups in total. The van der Waals surface area contributed by atoms with Crippen LogP contribution in [0.3, 0.4) is 0 Å². The molecular weight excluding hydrogens is 875 g/mol. The van der Waals surface area contributed by atoms with Crippen LogP contribution in [0.2, 0.25) is 0 Å². The van der Waals surface area contributed by atoms with Gasteiger partial charge in [-0.3, -0.25) is 8.97 Å². The smallest absolute Gasteiger partial charge is 0.220 e. The monoisotopic (exact) mass is 917 g/mol. The van der Waals surface area contributed by atoms with E-state index in [4.69, 9.17) is 4.98 Å². The molecule has 5 heteroatoms. The van der Waals surface area contributed by atoms with Crippen molar-refractivity contribution in [3.63, 3.8) is 0 Å². The Bertz CT molecular complexity index is 4580. The highest BCUT2D eigenvalue weighted by Crippen LogP contribution is 2.53. The molecule has 2 aliphatic carbocycles. The average Bonchev–Trinajstić information content (AvgIpc) is 4.18. The fraction of sp³-hybridized carbons (Fsp3) is 0.0299. The van der Waals surface area contributed by atoms with Crippen LogP contribution in [-0.2, 0) is 6.42 Å². The van der Waals surface area contributed by atoms with Gasteiger partial charge in [-0.15, -0.1) is 0 Å². The molecule has 5 nitrogen and oxygen atoms in total. The van der Waals surface area contributed by atoms with E-state index in [0.717, 1.165) is 79.9 Å². The number of fused-ring (bicyclic) bond motifs is 19. The molecule has 0 fully saturated rings. The maximum atomic E-state index is 5.56. The molecule has 0 aliphatic heterocycles. The van der Waals surface area contributed by atoms with E-state index >= 15 is 0 Å². The molecule has 0 bridgehead atoms. The molecule has 0 spiro atoms. The second kappa shape index (κ2) is 15.0. The molecule has 0 unspecified atom stereocenters. The fourth-order valence-electron chi connectivity index (χ4n) is 12.7. The van der Waals surface area contributed by atoms with Crippen molar-refractivity contribution in [2.45, 2.75) is 12.8 Å². The lowest BCUT2D eigenvalue weighted by Crippen LogP contribution is -2.06. The van der Waals surface area contributed by atoms with E-state index in [1.807, 2.05) is 0 Å². The van der Waals surface area contributed by atoms with Crippen LogP contribution in [0.5, 0.6) is 0 Å². The zero-order chi connectivity index (χ0) is 47.0. The lowest BCUT2D eigenvalue weighted by Gasteiger charge is -2.28. The minimum Gasteiger partial charge on any atom is -0.310 e. The number of allylic oxidation sites excluding steroid dienone is 1. The van der Waals surface area contributed by atoms with Crippen LogP contribution in [0.1, 0.15) is 17.7 Å². The summed E-state index contributed by atoms with van der Waals surface area (Å²) in [6.07, 6.45) is 6.73. The maximum Gasteiger partial charge on any atom is 0.220 e. The third-order valence-corrected chi connectivity index (χ3v) is 15.6. The van der Waals surface area contributed by atoms with Gasteiger partial charge in [-0.05, 0) is 118 Å². The summed E-state index contributed by atoms with van der Waals surface area (Å²) in [5, 5.41) is 3.77. The summed E-state index contributed by atoms with van der Waals surface area (Å²) >= 11 is 0. The van der Waals surface area contributed by atoms with Crippen molar-refractivity contribution in [1.29, 1.82) is 0 Å². The van der Waals surface area contributed by atoms with Gasteiger partial charge in [0.1, 0.15) is 0 Å². The zero-order valence-corrected chi connectivity index (χ0v) is 39.2. The van der Waals surface area contributed by atoms with Gasteiger partial charge in [0.15, 0.2) is 0 Å². The highest BCUT2D eigenvalue weighted by molar-refractivity contribution is 6.14. The number of hydrogen-bond donors (Lipinski definition) is 0. The Kier molecular flexibility index (Phi) is 8.22. The van der Waals surface area contributed by atoms with Gasteiger partial charge in [-0.25, -0.2) is 4.98 Å². The Morgan fingerprint density at radius 1 is 0.361 bits per heavy atom. The summed E-state index contributed by atoms with van der Waals surface area (Å²) in [5.41, 5.74) is 25.7. The number of para-hydroxylation sites is 6. The van der Waals surface area contributed by atoms with Crippen LogP contribution in [0, 0.1) is 0 Å². The molecule has 0 saturated heterocycles. The molecule has 4 heterocycles. The van der Waals surface area contributed by atoms with Gasteiger partial charge < -0.3 is 9.13 Å². The molecule has 10 aromatic carbocycles. The summed E-state index contributed by atoms with van der Waals surface area (Å²) in [7, 11) is 0. The number of benzene rings is 10. The number of hydrogen-bond acceptors (Lipinski definition) is 1. The molecular formula is C67H43N5. The molecule has 14 aromatic rings. The maximum absolute atomic E-state index is 5.56. The van der Waals surface area contributed by atoms with Gasteiger partial charge in [0.2, 0.25) is 5.78 Å². The van der Waals surface area contributed by atoms with Gasteiger partial charge in [0.25, 0.3) is 0 Å². The van der Waals surface area contributed by atoms with Gasteiger partial charge in [0, 0.05) is 44.2 Å². The molecule has 0 radical (unpaired) electrons. The minimum atomic E-state index is 0.871.